The zero-order chi connectivity index (χ0) is 22.2. The minimum atomic E-state index is -4.42. The van der Waals surface area contributed by atoms with E-state index in [9.17, 15) is 17.6 Å². The van der Waals surface area contributed by atoms with E-state index in [2.05, 4.69) is 10.1 Å². The van der Waals surface area contributed by atoms with Crippen molar-refractivity contribution in [3.63, 3.8) is 0 Å². The van der Waals surface area contributed by atoms with Crippen LogP contribution in [0.5, 0.6) is 0 Å². The van der Waals surface area contributed by atoms with E-state index in [0.717, 1.165) is 23.1 Å². The highest BCUT2D eigenvalue weighted by Crippen LogP contribution is 2.33. The third-order valence-electron chi connectivity index (χ3n) is 5.91. The number of hydrogen-bond donors (Lipinski definition) is 1. The molecular weight excluding hydrogens is 414 g/mol. The highest BCUT2D eigenvalue weighted by molar-refractivity contribution is 5.88. The summed E-state index contributed by atoms with van der Waals surface area (Å²) >= 11 is 0. The van der Waals surface area contributed by atoms with Crippen molar-refractivity contribution in [3.8, 4) is 11.5 Å². The van der Waals surface area contributed by atoms with E-state index < -0.39 is 18.9 Å². The van der Waals surface area contributed by atoms with Crippen LogP contribution < -0.4 is 5.73 Å². The average molecular weight is 439 g/mol. The van der Waals surface area contributed by atoms with Gasteiger partial charge in [-0.1, -0.05) is 17.3 Å². The van der Waals surface area contributed by atoms with Crippen molar-refractivity contribution >= 4 is 10.9 Å². The maximum Gasteiger partial charge on any atom is 0.406 e. The van der Waals surface area contributed by atoms with E-state index in [1.54, 1.807) is 18.2 Å². The van der Waals surface area contributed by atoms with E-state index in [4.69, 9.17) is 10.3 Å². The summed E-state index contributed by atoms with van der Waals surface area (Å²) in [6.45, 7) is 0.0903. The molecule has 0 radical (unpaired) electrons. The van der Waals surface area contributed by atoms with E-state index in [1.165, 1.54) is 0 Å². The molecule has 1 aromatic carbocycles. The number of alkyl halides is 4. The third kappa shape index (κ3) is 4.74. The number of nitrogens with zero attached hydrogens (tertiary/aromatic N) is 4. The normalized spacial score (nSPS) is 20.6. The summed E-state index contributed by atoms with van der Waals surface area (Å²) in [4.78, 5) is 6.08. The first-order chi connectivity index (χ1) is 14.7. The number of aromatic nitrogens is 3. The first-order valence-corrected chi connectivity index (χ1v) is 10.3. The van der Waals surface area contributed by atoms with Crippen molar-refractivity contribution in [3.05, 3.63) is 35.7 Å². The minimum absolute atomic E-state index is 0.00127. The third-order valence-corrected chi connectivity index (χ3v) is 5.91. The zero-order valence-electron chi connectivity index (χ0n) is 17.2. The van der Waals surface area contributed by atoms with Gasteiger partial charge < -0.3 is 19.7 Å². The summed E-state index contributed by atoms with van der Waals surface area (Å²) in [7, 11) is 1.91. The van der Waals surface area contributed by atoms with Crippen LogP contribution in [0.4, 0.5) is 17.6 Å². The van der Waals surface area contributed by atoms with Gasteiger partial charge in [0.05, 0.1) is 12.2 Å². The SMILES string of the molecule is CN1CC[C@@H](CCc2cccc3c2cc(-c2noc(CN)n2)n3CC(F)(F)F)[C@@H](F)C1. The molecule has 6 nitrogen and oxygen atoms in total. The summed E-state index contributed by atoms with van der Waals surface area (Å²) in [5, 5.41) is 4.49. The van der Waals surface area contributed by atoms with Gasteiger partial charge in [-0.2, -0.15) is 18.2 Å². The van der Waals surface area contributed by atoms with Crippen LogP contribution in [-0.2, 0) is 19.5 Å². The molecule has 0 saturated carbocycles. The van der Waals surface area contributed by atoms with Crippen molar-refractivity contribution in [1.82, 2.24) is 19.6 Å². The Morgan fingerprint density at radius 3 is 2.77 bits per heavy atom. The van der Waals surface area contributed by atoms with Crippen LogP contribution in [0.25, 0.3) is 22.4 Å². The highest BCUT2D eigenvalue weighted by Gasteiger charge is 2.31. The lowest BCUT2D eigenvalue weighted by atomic mass is 9.88. The van der Waals surface area contributed by atoms with E-state index in [1.807, 2.05) is 18.0 Å². The Kier molecular flexibility index (Phi) is 6.02. The Labute approximate surface area is 177 Å². The smallest absolute Gasteiger partial charge is 0.338 e. The molecule has 3 heterocycles. The van der Waals surface area contributed by atoms with E-state index in [-0.39, 0.29) is 29.9 Å². The highest BCUT2D eigenvalue weighted by atomic mass is 19.4. The summed E-state index contributed by atoms with van der Waals surface area (Å²) in [6, 6.07) is 6.92. The molecule has 0 aliphatic carbocycles. The fourth-order valence-corrected chi connectivity index (χ4v) is 4.31. The van der Waals surface area contributed by atoms with Gasteiger partial charge in [0.1, 0.15) is 12.7 Å². The van der Waals surface area contributed by atoms with Crippen LogP contribution in [0.15, 0.2) is 28.8 Å². The Morgan fingerprint density at radius 2 is 2.10 bits per heavy atom. The molecule has 10 heteroatoms. The molecule has 1 aliphatic rings. The standard InChI is InChI=1S/C21H25F4N5O/c1-29-8-7-14(16(22)11-29)6-5-13-3-2-4-17-15(13)9-18(30(17)12-21(23,24)25)20-27-19(10-26)31-28-20/h2-4,9,14,16H,5-8,10-12,26H2,1H3/t14-,16+/m1/s1. The van der Waals surface area contributed by atoms with Crippen LogP contribution in [0.1, 0.15) is 24.3 Å². The molecular formula is C21H25F4N5O. The topological polar surface area (TPSA) is 73.1 Å². The molecule has 0 bridgehead atoms. The number of piperidine rings is 1. The zero-order valence-corrected chi connectivity index (χ0v) is 17.2. The maximum atomic E-state index is 14.4. The van der Waals surface area contributed by atoms with Crippen LogP contribution in [-0.4, -0.2) is 52.1 Å². The van der Waals surface area contributed by atoms with Crippen LogP contribution >= 0.6 is 0 Å². The number of fused-ring (bicyclic) bond motifs is 1. The predicted octanol–water partition coefficient (Wildman–Crippen LogP) is 3.93. The van der Waals surface area contributed by atoms with Gasteiger partial charge in [0.2, 0.25) is 11.7 Å². The Morgan fingerprint density at radius 1 is 1.29 bits per heavy atom. The predicted molar refractivity (Wildman–Crippen MR) is 108 cm³/mol. The van der Waals surface area contributed by atoms with Gasteiger partial charge in [-0.25, -0.2) is 4.39 Å². The van der Waals surface area contributed by atoms with Gasteiger partial charge >= 0.3 is 6.18 Å². The van der Waals surface area contributed by atoms with Crippen LogP contribution in [0.2, 0.25) is 0 Å². The Bertz CT molecular complexity index is 1040. The van der Waals surface area contributed by atoms with Gasteiger partial charge in [-0.05, 0) is 56.5 Å². The van der Waals surface area contributed by atoms with Crippen molar-refractivity contribution in [2.24, 2.45) is 11.7 Å². The summed E-state index contributed by atoms with van der Waals surface area (Å²) in [6.07, 6.45) is -3.31. The molecule has 1 fully saturated rings. The fourth-order valence-electron chi connectivity index (χ4n) is 4.31. The van der Waals surface area contributed by atoms with Crippen molar-refractivity contribution in [2.75, 3.05) is 20.1 Å². The molecule has 1 aliphatic heterocycles. The van der Waals surface area contributed by atoms with E-state index in [0.29, 0.717) is 30.3 Å². The number of likely N-dealkylation sites (tertiary alicyclic amines) is 1. The Balaban J connectivity index is 1.68. The maximum absolute atomic E-state index is 14.4. The molecule has 2 N–H and O–H groups in total. The average Bonchev–Trinajstić information content (AvgIpc) is 3.31. The van der Waals surface area contributed by atoms with Gasteiger partial charge in [0, 0.05) is 17.4 Å². The number of benzene rings is 1. The van der Waals surface area contributed by atoms with Crippen LogP contribution in [0.3, 0.4) is 0 Å². The van der Waals surface area contributed by atoms with Crippen molar-refractivity contribution < 1.29 is 22.1 Å². The minimum Gasteiger partial charge on any atom is -0.338 e. The molecule has 2 atom stereocenters. The second kappa shape index (κ2) is 8.58. The quantitative estimate of drug-likeness (QED) is 0.589. The van der Waals surface area contributed by atoms with Gasteiger partial charge in [-0.3, -0.25) is 0 Å². The number of aryl methyl sites for hydroxylation is 1. The summed E-state index contributed by atoms with van der Waals surface area (Å²) in [5.74, 6) is 0.161. The molecule has 1 saturated heterocycles. The number of rotatable bonds is 6. The number of hydrogen-bond acceptors (Lipinski definition) is 5. The Hall–Kier alpha value is -2.46. The second-order valence-corrected chi connectivity index (χ2v) is 8.16. The molecule has 31 heavy (non-hydrogen) atoms. The molecule has 168 valence electrons. The van der Waals surface area contributed by atoms with Crippen LogP contribution in [0, 0.1) is 5.92 Å². The van der Waals surface area contributed by atoms with Crippen molar-refractivity contribution in [2.45, 2.75) is 44.7 Å². The van der Waals surface area contributed by atoms with Gasteiger partial charge in [0.15, 0.2) is 0 Å². The lowest BCUT2D eigenvalue weighted by molar-refractivity contribution is -0.139. The summed E-state index contributed by atoms with van der Waals surface area (Å²) < 4.78 is 60.6. The fraction of sp³-hybridized carbons (Fsp3) is 0.524. The first-order valence-electron chi connectivity index (χ1n) is 10.3. The number of halogens is 4. The molecule has 0 spiro atoms. The summed E-state index contributed by atoms with van der Waals surface area (Å²) in [5.41, 5.74) is 7.02. The molecule has 2 aromatic heterocycles. The van der Waals surface area contributed by atoms with Crippen molar-refractivity contribution in [1.29, 1.82) is 0 Å². The lowest BCUT2D eigenvalue weighted by Gasteiger charge is -2.32. The monoisotopic (exact) mass is 439 g/mol. The van der Waals surface area contributed by atoms with Gasteiger partial charge in [-0.15, -0.1) is 0 Å². The van der Waals surface area contributed by atoms with Gasteiger partial charge in [0.25, 0.3) is 0 Å². The first kappa shape index (κ1) is 21.8. The molecule has 3 aromatic rings. The number of nitrogens with two attached hydrogens (primary N) is 1. The molecule has 0 unspecified atom stereocenters. The lowest BCUT2D eigenvalue weighted by Crippen LogP contribution is -2.39. The van der Waals surface area contributed by atoms with E-state index >= 15 is 0 Å². The molecule has 4 rings (SSSR count). The second-order valence-electron chi connectivity index (χ2n) is 8.16. The largest absolute Gasteiger partial charge is 0.406 e. The molecule has 0 amide bonds.